The van der Waals surface area contributed by atoms with E-state index in [-0.39, 0.29) is 5.91 Å². The standard InChI is InChI=1S/C13H14ClNO2/c1-17-12-6-4-11(5-7-12)3-2-10-15-13(16)8-9-14/h4-7H,8-10H2,1H3,(H,15,16). The van der Waals surface area contributed by atoms with E-state index in [0.29, 0.717) is 18.8 Å². The van der Waals surface area contributed by atoms with E-state index in [0.717, 1.165) is 11.3 Å². The normalized spacial score (nSPS) is 9.06. The fourth-order valence-electron chi connectivity index (χ4n) is 1.14. The number of hydrogen-bond acceptors (Lipinski definition) is 2. The van der Waals surface area contributed by atoms with Gasteiger partial charge in [0.2, 0.25) is 5.91 Å². The highest BCUT2D eigenvalue weighted by Gasteiger charge is 1.95. The van der Waals surface area contributed by atoms with Gasteiger partial charge in [-0.05, 0) is 24.3 Å². The second-order valence-corrected chi connectivity index (χ2v) is 3.62. The molecule has 0 radical (unpaired) electrons. The third-order valence-corrected chi connectivity index (χ3v) is 2.21. The number of methoxy groups -OCH3 is 1. The summed E-state index contributed by atoms with van der Waals surface area (Å²) in [5.74, 6) is 6.85. The fourth-order valence-corrected chi connectivity index (χ4v) is 1.31. The van der Waals surface area contributed by atoms with Gasteiger partial charge in [0.1, 0.15) is 5.75 Å². The van der Waals surface area contributed by atoms with Crippen LogP contribution in [0, 0.1) is 11.8 Å². The van der Waals surface area contributed by atoms with Gasteiger partial charge in [-0.15, -0.1) is 11.6 Å². The van der Waals surface area contributed by atoms with Gasteiger partial charge < -0.3 is 10.1 Å². The molecule has 0 aliphatic carbocycles. The van der Waals surface area contributed by atoms with Gasteiger partial charge in [-0.1, -0.05) is 11.8 Å². The molecule has 0 saturated carbocycles. The molecular weight excluding hydrogens is 238 g/mol. The molecule has 3 nitrogen and oxygen atoms in total. The molecule has 0 aromatic heterocycles. The van der Waals surface area contributed by atoms with Crippen LogP contribution in [0.25, 0.3) is 0 Å². The number of alkyl halides is 1. The number of nitrogens with one attached hydrogen (secondary N) is 1. The Bertz CT molecular complexity index is 417. The zero-order valence-electron chi connectivity index (χ0n) is 9.63. The third kappa shape index (κ3) is 5.28. The molecular formula is C13H14ClNO2. The van der Waals surface area contributed by atoms with Crippen LogP contribution in [0.3, 0.4) is 0 Å². The molecule has 0 atom stereocenters. The number of benzene rings is 1. The Hall–Kier alpha value is -1.66. The van der Waals surface area contributed by atoms with Gasteiger partial charge in [-0.3, -0.25) is 4.79 Å². The lowest BCUT2D eigenvalue weighted by Gasteiger charge is -1.98. The first-order chi connectivity index (χ1) is 8.26. The molecule has 1 rings (SSSR count). The monoisotopic (exact) mass is 251 g/mol. The maximum absolute atomic E-state index is 11.1. The van der Waals surface area contributed by atoms with Crippen LogP contribution >= 0.6 is 11.6 Å². The Morgan fingerprint density at radius 3 is 2.71 bits per heavy atom. The van der Waals surface area contributed by atoms with E-state index in [1.165, 1.54) is 0 Å². The van der Waals surface area contributed by atoms with Gasteiger partial charge in [-0.2, -0.15) is 0 Å². The minimum Gasteiger partial charge on any atom is -0.497 e. The minimum absolute atomic E-state index is 0.0796. The van der Waals surface area contributed by atoms with Crippen molar-refractivity contribution in [3.8, 4) is 17.6 Å². The number of carbonyl (C=O) groups excluding carboxylic acids is 1. The van der Waals surface area contributed by atoms with E-state index in [1.54, 1.807) is 7.11 Å². The van der Waals surface area contributed by atoms with Crippen LogP contribution < -0.4 is 10.1 Å². The molecule has 0 spiro atoms. The number of hydrogen-bond donors (Lipinski definition) is 1. The van der Waals surface area contributed by atoms with E-state index in [9.17, 15) is 4.79 Å². The molecule has 0 aliphatic heterocycles. The van der Waals surface area contributed by atoms with Crippen LogP contribution in [0.15, 0.2) is 24.3 Å². The SMILES string of the molecule is COc1ccc(C#CCNC(=O)CCCl)cc1. The van der Waals surface area contributed by atoms with Crippen molar-refractivity contribution in [2.24, 2.45) is 0 Å². The Kier molecular flexibility index (Phi) is 5.98. The molecule has 0 heterocycles. The predicted molar refractivity (Wildman–Crippen MR) is 68.2 cm³/mol. The van der Waals surface area contributed by atoms with Gasteiger partial charge in [0.15, 0.2) is 0 Å². The van der Waals surface area contributed by atoms with Crippen LogP contribution in [-0.4, -0.2) is 25.4 Å². The summed E-state index contributed by atoms with van der Waals surface area (Å²) in [5, 5.41) is 2.65. The summed E-state index contributed by atoms with van der Waals surface area (Å²) >= 11 is 5.42. The van der Waals surface area contributed by atoms with Crippen molar-refractivity contribution in [1.82, 2.24) is 5.32 Å². The van der Waals surface area contributed by atoms with E-state index in [1.807, 2.05) is 24.3 Å². The van der Waals surface area contributed by atoms with Gasteiger partial charge >= 0.3 is 0 Å². The summed E-state index contributed by atoms with van der Waals surface area (Å²) in [4.78, 5) is 11.1. The first-order valence-corrected chi connectivity index (χ1v) is 5.75. The fraction of sp³-hybridized carbons (Fsp3) is 0.308. The second kappa shape index (κ2) is 7.59. The zero-order valence-corrected chi connectivity index (χ0v) is 10.4. The molecule has 1 N–H and O–H groups in total. The largest absolute Gasteiger partial charge is 0.497 e. The van der Waals surface area contributed by atoms with Gasteiger partial charge in [-0.25, -0.2) is 0 Å². The van der Waals surface area contributed by atoms with Crippen molar-refractivity contribution in [3.63, 3.8) is 0 Å². The highest BCUT2D eigenvalue weighted by Crippen LogP contribution is 2.09. The third-order valence-electron chi connectivity index (χ3n) is 2.02. The second-order valence-electron chi connectivity index (χ2n) is 3.25. The average molecular weight is 252 g/mol. The Labute approximate surface area is 106 Å². The Balaban J connectivity index is 2.40. The van der Waals surface area contributed by atoms with Crippen LogP contribution in [0.1, 0.15) is 12.0 Å². The molecule has 90 valence electrons. The first-order valence-electron chi connectivity index (χ1n) is 5.22. The smallest absolute Gasteiger partial charge is 0.221 e. The summed E-state index contributed by atoms with van der Waals surface area (Å²) in [6.45, 7) is 0.335. The predicted octanol–water partition coefficient (Wildman–Crippen LogP) is 1.79. The highest BCUT2D eigenvalue weighted by molar-refractivity contribution is 6.18. The lowest BCUT2D eigenvalue weighted by molar-refractivity contribution is -0.120. The first kappa shape index (κ1) is 13.4. The number of carbonyl (C=O) groups is 1. The average Bonchev–Trinajstić information content (AvgIpc) is 2.36. The summed E-state index contributed by atoms with van der Waals surface area (Å²) < 4.78 is 5.04. The molecule has 0 saturated heterocycles. The molecule has 0 fully saturated rings. The quantitative estimate of drug-likeness (QED) is 0.655. The molecule has 1 amide bonds. The number of amides is 1. The number of rotatable bonds is 4. The Morgan fingerprint density at radius 2 is 2.12 bits per heavy atom. The topological polar surface area (TPSA) is 38.3 Å². The van der Waals surface area contributed by atoms with Crippen molar-refractivity contribution in [2.75, 3.05) is 19.5 Å². The maximum atomic E-state index is 11.1. The minimum atomic E-state index is -0.0796. The van der Waals surface area contributed by atoms with Gasteiger partial charge in [0.25, 0.3) is 0 Å². The summed E-state index contributed by atoms with van der Waals surface area (Å²) in [5.41, 5.74) is 0.886. The van der Waals surface area contributed by atoms with Gasteiger partial charge in [0, 0.05) is 17.9 Å². The van der Waals surface area contributed by atoms with E-state index >= 15 is 0 Å². The maximum Gasteiger partial charge on any atom is 0.221 e. The van der Waals surface area contributed by atoms with Crippen LogP contribution in [0.4, 0.5) is 0 Å². The summed E-state index contributed by atoms with van der Waals surface area (Å²) in [6.07, 6.45) is 0.325. The summed E-state index contributed by atoms with van der Waals surface area (Å²) in [6, 6.07) is 7.42. The molecule has 0 bridgehead atoms. The molecule has 1 aromatic rings. The number of ether oxygens (including phenoxy) is 1. The van der Waals surface area contributed by atoms with Crippen LogP contribution in [0.5, 0.6) is 5.75 Å². The van der Waals surface area contributed by atoms with Gasteiger partial charge in [0.05, 0.1) is 13.7 Å². The van der Waals surface area contributed by atoms with Crippen molar-refractivity contribution >= 4 is 17.5 Å². The molecule has 17 heavy (non-hydrogen) atoms. The van der Waals surface area contributed by atoms with Crippen LogP contribution in [-0.2, 0) is 4.79 Å². The number of halogens is 1. The molecule has 1 aromatic carbocycles. The van der Waals surface area contributed by atoms with Crippen LogP contribution in [0.2, 0.25) is 0 Å². The van der Waals surface area contributed by atoms with E-state index in [4.69, 9.17) is 16.3 Å². The molecule has 0 aliphatic rings. The summed E-state index contributed by atoms with van der Waals surface area (Å²) in [7, 11) is 1.62. The Morgan fingerprint density at radius 1 is 1.41 bits per heavy atom. The lowest BCUT2D eigenvalue weighted by Crippen LogP contribution is -2.23. The van der Waals surface area contributed by atoms with Crippen molar-refractivity contribution in [1.29, 1.82) is 0 Å². The van der Waals surface area contributed by atoms with Crippen molar-refractivity contribution in [2.45, 2.75) is 6.42 Å². The van der Waals surface area contributed by atoms with Crippen molar-refractivity contribution < 1.29 is 9.53 Å². The molecule has 0 unspecified atom stereocenters. The highest BCUT2D eigenvalue weighted by atomic mass is 35.5. The van der Waals surface area contributed by atoms with E-state index in [2.05, 4.69) is 17.2 Å². The van der Waals surface area contributed by atoms with E-state index < -0.39 is 0 Å². The molecule has 4 heteroatoms. The van der Waals surface area contributed by atoms with Crippen molar-refractivity contribution in [3.05, 3.63) is 29.8 Å². The lowest BCUT2D eigenvalue weighted by atomic mass is 10.2. The zero-order chi connectivity index (χ0) is 12.5.